The van der Waals surface area contributed by atoms with Gasteiger partial charge in [-0.1, -0.05) is 22.0 Å². The Balaban J connectivity index is 2.27. The van der Waals surface area contributed by atoms with Crippen molar-refractivity contribution in [3.63, 3.8) is 0 Å². The Morgan fingerprint density at radius 1 is 1.59 bits per heavy atom. The Bertz CT molecular complexity index is 435. The summed E-state index contributed by atoms with van der Waals surface area (Å²) in [5.74, 6) is -0.405. The number of hydrogen-bond acceptors (Lipinski definition) is 1. The zero-order chi connectivity index (χ0) is 12.4. The number of hydrogen-bond donors (Lipinski definition) is 0. The molecule has 92 valence electrons. The molecule has 0 radical (unpaired) electrons. The summed E-state index contributed by atoms with van der Waals surface area (Å²) >= 11 is 3.42. The normalized spacial score (nSPS) is 19.7. The van der Waals surface area contributed by atoms with Gasteiger partial charge in [-0.05, 0) is 37.5 Å². The summed E-state index contributed by atoms with van der Waals surface area (Å²) in [4.78, 5) is 14.2. The fraction of sp³-hybridized carbons (Fsp3) is 0.462. The van der Waals surface area contributed by atoms with E-state index in [1.807, 2.05) is 11.8 Å². The lowest BCUT2D eigenvalue weighted by molar-refractivity contribution is 0.0749. The van der Waals surface area contributed by atoms with Crippen molar-refractivity contribution in [2.45, 2.75) is 25.8 Å². The van der Waals surface area contributed by atoms with Gasteiger partial charge >= 0.3 is 0 Å². The maximum absolute atomic E-state index is 13.2. The van der Waals surface area contributed by atoms with Crippen molar-refractivity contribution < 1.29 is 9.18 Å². The van der Waals surface area contributed by atoms with Crippen LogP contribution in [0.2, 0.25) is 0 Å². The molecule has 1 aromatic rings. The van der Waals surface area contributed by atoms with E-state index >= 15 is 0 Å². The molecule has 1 aromatic carbocycles. The highest BCUT2D eigenvalue weighted by Crippen LogP contribution is 2.23. The van der Waals surface area contributed by atoms with Gasteiger partial charge in [0.15, 0.2) is 0 Å². The number of amides is 1. The number of rotatable bonds is 2. The molecule has 0 bridgehead atoms. The molecule has 0 N–H and O–H groups in total. The first kappa shape index (κ1) is 12.6. The molecule has 1 heterocycles. The summed E-state index contributed by atoms with van der Waals surface area (Å²) in [7, 11) is 0. The number of nitrogens with zero attached hydrogens (tertiary/aromatic N) is 1. The number of likely N-dealkylation sites (tertiary alicyclic amines) is 1. The summed E-state index contributed by atoms with van der Waals surface area (Å²) in [5.41, 5.74) is 1.31. The molecule has 17 heavy (non-hydrogen) atoms. The van der Waals surface area contributed by atoms with Crippen LogP contribution in [0.25, 0.3) is 0 Å². The van der Waals surface area contributed by atoms with Gasteiger partial charge in [-0.3, -0.25) is 4.79 Å². The van der Waals surface area contributed by atoms with Crippen LogP contribution in [-0.4, -0.2) is 28.7 Å². The second kappa shape index (κ2) is 5.17. The lowest BCUT2D eigenvalue weighted by Crippen LogP contribution is -2.36. The lowest BCUT2D eigenvalue weighted by atomic mass is 10.1. The predicted octanol–water partition coefficient (Wildman–Crippen LogP) is 3.13. The average Bonchev–Trinajstić information content (AvgIpc) is 2.79. The molecule has 2 rings (SSSR count). The zero-order valence-electron chi connectivity index (χ0n) is 9.75. The van der Waals surface area contributed by atoms with Crippen molar-refractivity contribution in [2.24, 2.45) is 0 Å². The van der Waals surface area contributed by atoms with Crippen LogP contribution in [0.15, 0.2) is 18.2 Å². The number of carbonyl (C=O) groups excluding carboxylic acids is 1. The molecular formula is C13H15BrFNO. The van der Waals surface area contributed by atoms with Gasteiger partial charge in [-0.2, -0.15) is 0 Å². The van der Waals surface area contributed by atoms with Gasteiger partial charge < -0.3 is 4.90 Å². The molecule has 4 heteroatoms. The van der Waals surface area contributed by atoms with Crippen molar-refractivity contribution in [3.05, 3.63) is 35.1 Å². The minimum absolute atomic E-state index is 0.0519. The summed E-state index contributed by atoms with van der Waals surface area (Å²) in [6.45, 7) is 2.61. The monoisotopic (exact) mass is 299 g/mol. The van der Waals surface area contributed by atoms with Crippen LogP contribution in [0, 0.1) is 12.7 Å². The summed E-state index contributed by atoms with van der Waals surface area (Å²) in [6.07, 6.45) is 2.04. The number of carbonyl (C=O) groups is 1. The molecule has 0 spiro atoms. The van der Waals surface area contributed by atoms with E-state index in [1.165, 1.54) is 12.1 Å². The minimum atomic E-state index is -0.353. The molecule has 1 aliphatic rings. The summed E-state index contributed by atoms with van der Waals surface area (Å²) in [5, 5.41) is 0.785. The van der Waals surface area contributed by atoms with E-state index in [1.54, 1.807) is 6.07 Å². The SMILES string of the molecule is Cc1ccc(F)cc1C(=O)N1CCCC1CBr. The van der Waals surface area contributed by atoms with E-state index < -0.39 is 0 Å². The third-order valence-corrected chi connectivity index (χ3v) is 3.99. The van der Waals surface area contributed by atoms with Gasteiger partial charge in [0.05, 0.1) is 0 Å². The van der Waals surface area contributed by atoms with Crippen molar-refractivity contribution in [1.29, 1.82) is 0 Å². The third-order valence-electron chi connectivity index (χ3n) is 3.25. The Kier molecular flexibility index (Phi) is 3.82. The smallest absolute Gasteiger partial charge is 0.254 e. The largest absolute Gasteiger partial charge is 0.335 e. The number of alkyl halides is 1. The van der Waals surface area contributed by atoms with Crippen LogP contribution < -0.4 is 0 Å². The second-order valence-corrected chi connectivity index (χ2v) is 5.06. The second-order valence-electron chi connectivity index (χ2n) is 4.41. The van der Waals surface area contributed by atoms with E-state index in [-0.39, 0.29) is 17.8 Å². The van der Waals surface area contributed by atoms with Crippen molar-refractivity contribution in [1.82, 2.24) is 4.90 Å². The molecule has 1 fully saturated rings. The summed E-state index contributed by atoms with van der Waals surface area (Å²) in [6, 6.07) is 4.62. The van der Waals surface area contributed by atoms with Crippen LogP contribution in [0.4, 0.5) is 4.39 Å². The van der Waals surface area contributed by atoms with E-state index in [9.17, 15) is 9.18 Å². The van der Waals surface area contributed by atoms with E-state index in [2.05, 4.69) is 15.9 Å². The van der Waals surface area contributed by atoms with Gasteiger partial charge in [0.2, 0.25) is 0 Å². The molecule has 0 aliphatic carbocycles. The highest BCUT2D eigenvalue weighted by atomic mass is 79.9. The van der Waals surface area contributed by atoms with Gasteiger partial charge in [-0.25, -0.2) is 4.39 Å². The maximum Gasteiger partial charge on any atom is 0.254 e. The molecule has 1 aliphatic heterocycles. The molecule has 0 aromatic heterocycles. The third kappa shape index (κ3) is 2.51. The Hall–Kier alpha value is -0.900. The summed E-state index contributed by atoms with van der Waals surface area (Å²) < 4.78 is 13.2. The number of benzene rings is 1. The van der Waals surface area contributed by atoms with Crippen LogP contribution in [0.1, 0.15) is 28.8 Å². The van der Waals surface area contributed by atoms with Crippen molar-refractivity contribution >= 4 is 21.8 Å². The number of halogens is 2. The van der Waals surface area contributed by atoms with E-state index in [0.717, 1.165) is 30.3 Å². The van der Waals surface area contributed by atoms with Crippen LogP contribution >= 0.6 is 15.9 Å². The lowest BCUT2D eigenvalue weighted by Gasteiger charge is -2.23. The Morgan fingerprint density at radius 3 is 3.06 bits per heavy atom. The fourth-order valence-electron chi connectivity index (χ4n) is 2.24. The first-order chi connectivity index (χ1) is 8.13. The van der Waals surface area contributed by atoms with Crippen LogP contribution in [0.3, 0.4) is 0 Å². The van der Waals surface area contributed by atoms with E-state index in [4.69, 9.17) is 0 Å². The van der Waals surface area contributed by atoms with Gasteiger partial charge in [0.25, 0.3) is 5.91 Å². The highest BCUT2D eigenvalue weighted by Gasteiger charge is 2.29. The van der Waals surface area contributed by atoms with Gasteiger partial charge in [0.1, 0.15) is 5.82 Å². The molecular weight excluding hydrogens is 285 g/mol. The Labute approximate surface area is 109 Å². The average molecular weight is 300 g/mol. The van der Waals surface area contributed by atoms with Crippen LogP contribution in [-0.2, 0) is 0 Å². The molecule has 1 saturated heterocycles. The molecule has 1 atom stereocenters. The maximum atomic E-state index is 13.2. The van der Waals surface area contributed by atoms with E-state index in [0.29, 0.717) is 5.56 Å². The van der Waals surface area contributed by atoms with Gasteiger partial charge in [-0.15, -0.1) is 0 Å². The zero-order valence-corrected chi connectivity index (χ0v) is 11.3. The quantitative estimate of drug-likeness (QED) is 0.768. The highest BCUT2D eigenvalue weighted by molar-refractivity contribution is 9.09. The van der Waals surface area contributed by atoms with Crippen molar-refractivity contribution in [2.75, 3.05) is 11.9 Å². The fourth-order valence-corrected chi connectivity index (χ4v) is 2.92. The number of aryl methyl sites for hydroxylation is 1. The first-order valence-electron chi connectivity index (χ1n) is 5.76. The topological polar surface area (TPSA) is 20.3 Å². The molecule has 0 saturated carbocycles. The van der Waals surface area contributed by atoms with Gasteiger partial charge in [0, 0.05) is 23.5 Å². The molecule has 1 unspecified atom stereocenters. The minimum Gasteiger partial charge on any atom is -0.335 e. The van der Waals surface area contributed by atoms with Crippen LogP contribution in [0.5, 0.6) is 0 Å². The standard InChI is InChI=1S/C13H15BrFNO/c1-9-4-5-10(15)7-12(9)13(17)16-6-2-3-11(16)8-14/h4-5,7,11H,2-3,6,8H2,1H3. The molecule has 1 amide bonds. The van der Waals surface area contributed by atoms with Crippen molar-refractivity contribution in [3.8, 4) is 0 Å². The Morgan fingerprint density at radius 2 is 2.35 bits per heavy atom. The molecule has 2 nitrogen and oxygen atoms in total. The predicted molar refractivity (Wildman–Crippen MR) is 69.0 cm³/mol. The first-order valence-corrected chi connectivity index (χ1v) is 6.88.